The minimum Gasteiger partial charge on any atom is -0.497 e. The zero-order valence-electron chi connectivity index (χ0n) is 16.9. The van der Waals surface area contributed by atoms with Crippen LogP contribution in [0.5, 0.6) is 17.2 Å². The second-order valence-corrected chi connectivity index (χ2v) is 6.25. The summed E-state index contributed by atoms with van der Waals surface area (Å²) in [5.74, 6) is 3.71. The standard InChI is InChI=1S/C22H26N4O3/c1-4-28-19-7-5-17(6-8-19)25-22-24-16(2)15-21(26-22)23-13-14-29-20-11-9-18(27-3)10-12-20/h5-12,15H,4,13-14H2,1-3H3,(H2,23,24,25,26). The van der Waals surface area contributed by atoms with E-state index < -0.39 is 0 Å². The molecule has 1 heterocycles. The number of anilines is 3. The Hall–Kier alpha value is -3.48. The first-order valence-electron chi connectivity index (χ1n) is 9.52. The van der Waals surface area contributed by atoms with Gasteiger partial charge in [-0.05, 0) is 62.4 Å². The van der Waals surface area contributed by atoms with E-state index >= 15 is 0 Å². The molecule has 0 saturated carbocycles. The summed E-state index contributed by atoms with van der Waals surface area (Å²) in [5, 5.41) is 6.49. The minimum absolute atomic E-state index is 0.511. The molecule has 7 heteroatoms. The Balaban J connectivity index is 1.52. The van der Waals surface area contributed by atoms with Crippen LogP contribution in [0.2, 0.25) is 0 Å². The van der Waals surface area contributed by atoms with E-state index in [1.54, 1.807) is 7.11 Å². The van der Waals surface area contributed by atoms with Gasteiger partial charge >= 0.3 is 0 Å². The van der Waals surface area contributed by atoms with E-state index in [0.717, 1.165) is 34.4 Å². The maximum Gasteiger partial charge on any atom is 0.229 e. The fraction of sp³-hybridized carbons (Fsp3) is 0.273. The van der Waals surface area contributed by atoms with E-state index in [1.165, 1.54) is 0 Å². The van der Waals surface area contributed by atoms with Crippen LogP contribution < -0.4 is 24.8 Å². The molecular formula is C22H26N4O3. The van der Waals surface area contributed by atoms with E-state index in [-0.39, 0.29) is 0 Å². The molecule has 0 atom stereocenters. The van der Waals surface area contributed by atoms with Crippen molar-refractivity contribution in [3.8, 4) is 17.2 Å². The summed E-state index contributed by atoms with van der Waals surface area (Å²) in [7, 11) is 1.64. The third kappa shape index (κ3) is 6.27. The van der Waals surface area contributed by atoms with Crippen LogP contribution in [0.1, 0.15) is 12.6 Å². The van der Waals surface area contributed by atoms with E-state index in [2.05, 4.69) is 20.6 Å². The fourth-order valence-electron chi connectivity index (χ4n) is 2.67. The van der Waals surface area contributed by atoms with Crippen molar-refractivity contribution < 1.29 is 14.2 Å². The summed E-state index contributed by atoms with van der Waals surface area (Å²) in [6.07, 6.45) is 0. The van der Waals surface area contributed by atoms with Crippen molar-refractivity contribution in [1.29, 1.82) is 0 Å². The lowest BCUT2D eigenvalue weighted by molar-refractivity contribution is 0.331. The predicted octanol–water partition coefficient (Wildman–Crippen LogP) is 4.43. The summed E-state index contributed by atoms with van der Waals surface area (Å²) in [4.78, 5) is 8.96. The number of nitrogens with zero attached hydrogens (tertiary/aromatic N) is 2. The lowest BCUT2D eigenvalue weighted by atomic mass is 10.3. The Labute approximate surface area is 171 Å². The van der Waals surface area contributed by atoms with E-state index in [1.807, 2.05) is 68.4 Å². The first-order valence-corrected chi connectivity index (χ1v) is 9.52. The first-order chi connectivity index (χ1) is 14.2. The zero-order valence-corrected chi connectivity index (χ0v) is 16.9. The van der Waals surface area contributed by atoms with Gasteiger partial charge in [0, 0.05) is 17.4 Å². The van der Waals surface area contributed by atoms with Gasteiger partial charge in [0.2, 0.25) is 5.95 Å². The summed E-state index contributed by atoms with van der Waals surface area (Å²) in [5.41, 5.74) is 1.76. The highest BCUT2D eigenvalue weighted by Crippen LogP contribution is 2.20. The van der Waals surface area contributed by atoms with Gasteiger partial charge in [0.15, 0.2) is 0 Å². The molecule has 3 aromatic rings. The highest BCUT2D eigenvalue weighted by atomic mass is 16.5. The van der Waals surface area contributed by atoms with Crippen LogP contribution >= 0.6 is 0 Å². The number of hydrogen-bond acceptors (Lipinski definition) is 7. The van der Waals surface area contributed by atoms with E-state index in [0.29, 0.717) is 25.7 Å². The number of ether oxygens (including phenoxy) is 3. The number of benzene rings is 2. The first kappa shape index (κ1) is 20.3. The van der Waals surface area contributed by atoms with Crippen LogP contribution in [0.3, 0.4) is 0 Å². The van der Waals surface area contributed by atoms with Gasteiger partial charge in [-0.3, -0.25) is 0 Å². The van der Waals surface area contributed by atoms with Crippen LogP contribution in [0.25, 0.3) is 0 Å². The average Bonchev–Trinajstić information content (AvgIpc) is 2.73. The topological polar surface area (TPSA) is 77.5 Å². The van der Waals surface area contributed by atoms with Crippen LogP contribution in [0, 0.1) is 6.92 Å². The number of rotatable bonds is 10. The molecule has 3 rings (SSSR count). The monoisotopic (exact) mass is 394 g/mol. The van der Waals surface area contributed by atoms with Crippen molar-refractivity contribution >= 4 is 17.5 Å². The number of aryl methyl sites for hydroxylation is 1. The molecule has 1 aromatic heterocycles. The second-order valence-electron chi connectivity index (χ2n) is 6.25. The Kier molecular flexibility index (Phi) is 7.10. The van der Waals surface area contributed by atoms with Crippen molar-refractivity contribution in [2.24, 2.45) is 0 Å². The molecule has 29 heavy (non-hydrogen) atoms. The SMILES string of the molecule is CCOc1ccc(Nc2nc(C)cc(NCCOc3ccc(OC)cc3)n2)cc1. The lowest BCUT2D eigenvalue weighted by Gasteiger charge is -2.11. The normalized spacial score (nSPS) is 10.3. The highest BCUT2D eigenvalue weighted by Gasteiger charge is 2.04. The van der Waals surface area contributed by atoms with E-state index in [9.17, 15) is 0 Å². The molecule has 0 fully saturated rings. The van der Waals surface area contributed by atoms with Gasteiger partial charge in [0.25, 0.3) is 0 Å². The Bertz CT molecular complexity index is 899. The Morgan fingerprint density at radius 3 is 2.21 bits per heavy atom. The van der Waals surface area contributed by atoms with Gasteiger partial charge in [-0.2, -0.15) is 4.98 Å². The summed E-state index contributed by atoms with van der Waals surface area (Å²) < 4.78 is 16.3. The van der Waals surface area contributed by atoms with Crippen molar-refractivity contribution in [3.05, 3.63) is 60.3 Å². The number of methoxy groups -OCH3 is 1. The van der Waals surface area contributed by atoms with E-state index in [4.69, 9.17) is 14.2 Å². The summed E-state index contributed by atoms with van der Waals surface area (Å²) in [6, 6.07) is 17.1. The molecule has 0 amide bonds. The zero-order chi connectivity index (χ0) is 20.5. The second kappa shape index (κ2) is 10.2. The number of nitrogens with one attached hydrogen (secondary N) is 2. The molecule has 0 aliphatic carbocycles. The smallest absolute Gasteiger partial charge is 0.229 e. The number of hydrogen-bond donors (Lipinski definition) is 2. The van der Waals surface area contributed by atoms with Crippen LogP contribution in [-0.2, 0) is 0 Å². The molecule has 0 aliphatic heterocycles. The third-order valence-electron chi connectivity index (χ3n) is 4.01. The quantitative estimate of drug-likeness (QED) is 0.493. The van der Waals surface area contributed by atoms with Gasteiger partial charge in [0.05, 0.1) is 20.3 Å². The summed E-state index contributed by atoms with van der Waals surface area (Å²) >= 11 is 0. The predicted molar refractivity (Wildman–Crippen MR) is 115 cm³/mol. The molecule has 0 bridgehead atoms. The molecule has 0 saturated heterocycles. The van der Waals surface area contributed by atoms with Gasteiger partial charge in [-0.1, -0.05) is 0 Å². The van der Waals surface area contributed by atoms with Gasteiger partial charge in [0.1, 0.15) is 29.7 Å². The van der Waals surface area contributed by atoms with Gasteiger partial charge in [-0.15, -0.1) is 0 Å². The molecule has 2 N–H and O–H groups in total. The molecule has 2 aromatic carbocycles. The van der Waals surface area contributed by atoms with Crippen LogP contribution in [-0.4, -0.2) is 36.8 Å². The Morgan fingerprint density at radius 2 is 1.52 bits per heavy atom. The molecule has 0 unspecified atom stereocenters. The average molecular weight is 394 g/mol. The Morgan fingerprint density at radius 1 is 0.862 bits per heavy atom. The largest absolute Gasteiger partial charge is 0.497 e. The molecule has 7 nitrogen and oxygen atoms in total. The lowest BCUT2D eigenvalue weighted by Crippen LogP contribution is -2.13. The maximum atomic E-state index is 5.73. The van der Waals surface area contributed by atoms with Crippen molar-refractivity contribution in [2.75, 3.05) is 37.5 Å². The summed E-state index contributed by atoms with van der Waals surface area (Å²) in [6.45, 7) is 5.67. The molecule has 152 valence electrons. The van der Waals surface area contributed by atoms with Crippen LogP contribution in [0.4, 0.5) is 17.5 Å². The van der Waals surface area contributed by atoms with Crippen molar-refractivity contribution in [2.45, 2.75) is 13.8 Å². The van der Waals surface area contributed by atoms with Gasteiger partial charge < -0.3 is 24.8 Å². The molecule has 0 radical (unpaired) electrons. The molecular weight excluding hydrogens is 368 g/mol. The van der Waals surface area contributed by atoms with Crippen LogP contribution in [0.15, 0.2) is 54.6 Å². The van der Waals surface area contributed by atoms with Gasteiger partial charge in [-0.25, -0.2) is 4.98 Å². The third-order valence-corrected chi connectivity index (χ3v) is 4.01. The fourth-order valence-corrected chi connectivity index (χ4v) is 2.67. The maximum absolute atomic E-state index is 5.73. The highest BCUT2D eigenvalue weighted by molar-refractivity contribution is 5.56. The minimum atomic E-state index is 0.511. The number of aromatic nitrogens is 2. The van der Waals surface area contributed by atoms with Crippen molar-refractivity contribution in [1.82, 2.24) is 9.97 Å². The molecule has 0 aliphatic rings. The molecule has 0 spiro atoms. The van der Waals surface area contributed by atoms with Crippen molar-refractivity contribution in [3.63, 3.8) is 0 Å².